The van der Waals surface area contributed by atoms with Crippen molar-refractivity contribution >= 4 is 0 Å². The monoisotopic (exact) mass is 190 g/mol. The van der Waals surface area contributed by atoms with Gasteiger partial charge >= 0.3 is 19.5 Å². The molecule has 0 aromatic heterocycles. The van der Waals surface area contributed by atoms with Crippen molar-refractivity contribution in [3.05, 3.63) is 20.1 Å². The molecule has 0 aliphatic carbocycles. The Morgan fingerprint density at radius 2 is 1.80 bits per heavy atom. The van der Waals surface area contributed by atoms with Crippen LogP contribution >= 0.6 is 0 Å². The Labute approximate surface area is 78.9 Å². The molecule has 10 heavy (non-hydrogen) atoms. The van der Waals surface area contributed by atoms with E-state index in [1.807, 2.05) is 0 Å². The molecule has 0 N–H and O–H groups in total. The Morgan fingerprint density at radius 3 is 2.20 bits per heavy atom. The first-order valence-corrected chi connectivity index (χ1v) is 3.45. The molecule has 56 valence electrons. The molecule has 0 aliphatic rings. The van der Waals surface area contributed by atoms with E-state index in [0.717, 1.165) is 6.42 Å². The first-order chi connectivity index (χ1) is 3.91. The molecule has 0 fully saturated rings. The third kappa shape index (κ3) is 15.8. The molecule has 0 rings (SSSR count). The topological polar surface area (TPSA) is 0 Å². The summed E-state index contributed by atoms with van der Waals surface area (Å²) in [5, 5.41) is 0. The first kappa shape index (κ1) is 16.8. The van der Waals surface area contributed by atoms with Crippen molar-refractivity contribution in [1.29, 1.82) is 0 Å². The maximum Gasteiger partial charge on any atom is 2.00 e. The van der Waals surface area contributed by atoms with E-state index >= 15 is 0 Å². The van der Waals surface area contributed by atoms with Crippen LogP contribution in [0.2, 0.25) is 0 Å². The average Bonchev–Trinajstić information content (AvgIpc) is 1.81. The quantitative estimate of drug-likeness (QED) is 0.355. The van der Waals surface area contributed by atoms with E-state index in [-0.39, 0.29) is 26.9 Å². The summed E-state index contributed by atoms with van der Waals surface area (Å²) in [7, 11) is 0. The number of allylic oxidation sites excluding steroid dienone is 1. The molecule has 0 atom stereocenters. The van der Waals surface area contributed by atoms with Crippen LogP contribution in [0.3, 0.4) is 0 Å². The minimum absolute atomic E-state index is 0. The Balaban J connectivity index is -0.000000245. The van der Waals surface area contributed by atoms with Crippen LogP contribution in [0, 0.1) is 14.0 Å². The van der Waals surface area contributed by atoms with Gasteiger partial charge in [-0.05, 0) is 0 Å². The standard InChI is InChI=1S/C8H15.CH3.Zn/c1-3-5-7-8-6-4-2;;/h1,3H,4-8H2,2H3;1H3;/q2*-1;+2. The minimum Gasteiger partial charge on any atom is -0.518 e. The fraction of sp³-hybridized carbons (Fsp3) is 0.667. The second-order valence-corrected chi connectivity index (χ2v) is 2.09. The summed E-state index contributed by atoms with van der Waals surface area (Å²) in [5.41, 5.74) is 0. The van der Waals surface area contributed by atoms with Gasteiger partial charge in [0.1, 0.15) is 0 Å². The van der Waals surface area contributed by atoms with Crippen molar-refractivity contribution in [3.63, 3.8) is 0 Å². The van der Waals surface area contributed by atoms with Crippen molar-refractivity contribution in [2.75, 3.05) is 0 Å². The van der Waals surface area contributed by atoms with Crippen molar-refractivity contribution in [2.24, 2.45) is 0 Å². The van der Waals surface area contributed by atoms with Crippen LogP contribution in [-0.2, 0) is 19.5 Å². The molecule has 0 amide bonds. The molecule has 0 nitrogen and oxygen atoms in total. The summed E-state index contributed by atoms with van der Waals surface area (Å²) >= 11 is 0. The molecule has 0 aromatic rings. The van der Waals surface area contributed by atoms with Crippen LogP contribution in [0.1, 0.15) is 39.0 Å². The van der Waals surface area contributed by atoms with Gasteiger partial charge in [-0.1, -0.05) is 39.0 Å². The predicted octanol–water partition coefficient (Wildman–Crippen LogP) is 3.39. The molecule has 0 radical (unpaired) electrons. The number of unbranched alkanes of at least 4 members (excludes halogenated alkanes) is 4. The van der Waals surface area contributed by atoms with Crippen LogP contribution in [-0.4, -0.2) is 0 Å². The largest absolute Gasteiger partial charge is 2.00 e. The Hall–Kier alpha value is 0.363. The first-order valence-electron chi connectivity index (χ1n) is 3.45. The maximum absolute atomic E-state index is 5.19. The Bertz CT molecular complexity index is 50.7. The SMILES string of the molecule is [CH-]=CCCCCCC.[CH3-].[Zn+2]. The summed E-state index contributed by atoms with van der Waals surface area (Å²) in [6.07, 6.45) is 8.10. The summed E-state index contributed by atoms with van der Waals surface area (Å²) in [6.45, 7) is 7.40. The van der Waals surface area contributed by atoms with Crippen LogP contribution in [0.4, 0.5) is 0 Å². The van der Waals surface area contributed by atoms with E-state index in [0.29, 0.717) is 0 Å². The molecule has 0 bridgehead atoms. The van der Waals surface area contributed by atoms with Gasteiger partial charge in [0, 0.05) is 0 Å². The zero-order valence-electron chi connectivity index (χ0n) is 7.40. The molecule has 0 saturated carbocycles. The second-order valence-electron chi connectivity index (χ2n) is 2.09. The van der Waals surface area contributed by atoms with Gasteiger partial charge in [0.25, 0.3) is 0 Å². The van der Waals surface area contributed by atoms with Gasteiger partial charge in [-0.3, -0.25) is 6.08 Å². The molecule has 0 aliphatic heterocycles. The van der Waals surface area contributed by atoms with Gasteiger partial charge in [0.15, 0.2) is 0 Å². The number of rotatable bonds is 5. The van der Waals surface area contributed by atoms with Crippen molar-refractivity contribution in [2.45, 2.75) is 39.0 Å². The number of hydrogen-bond donors (Lipinski definition) is 0. The summed E-state index contributed by atoms with van der Waals surface area (Å²) in [4.78, 5) is 0. The maximum atomic E-state index is 5.19. The third-order valence-electron chi connectivity index (χ3n) is 1.22. The van der Waals surface area contributed by atoms with Gasteiger partial charge in [0.2, 0.25) is 0 Å². The van der Waals surface area contributed by atoms with E-state index in [4.69, 9.17) is 6.58 Å². The molecule has 0 aromatic carbocycles. The molecular formula is C9H18Zn. The summed E-state index contributed by atoms with van der Waals surface area (Å²) < 4.78 is 0. The van der Waals surface area contributed by atoms with E-state index in [1.165, 1.54) is 25.7 Å². The molecule has 0 saturated heterocycles. The fourth-order valence-electron chi connectivity index (χ4n) is 0.689. The zero-order valence-corrected chi connectivity index (χ0v) is 10.4. The Morgan fingerprint density at radius 1 is 1.20 bits per heavy atom. The summed E-state index contributed by atoms with van der Waals surface area (Å²) in [5.74, 6) is 0. The van der Waals surface area contributed by atoms with E-state index < -0.39 is 0 Å². The van der Waals surface area contributed by atoms with Crippen LogP contribution in [0.5, 0.6) is 0 Å². The Kier molecular flexibility index (Phi) is 27.1. The van der Waals surface area contributed by atoms with Crippen LogP contribution in [0.25, 0.3) is 0 Å². The average molecular weight is 192 g/mol. The smallest absolute Gasteiger partial charge is 0.518 e. The van der Waals surface area contributed by atoms with E-state index in [9.17, 15) is 0 Å². The second kappa shape index (κ2) is 16.2. The molecule has 0 unspecified atom stereocenters. The molecule has 1 heteroatoms. The van der Waals surface area contributed by atoms with Gasteiger partial charge in [-0.15, -0.1) is 0 Å². The van der Waals surface area contributed by atoms with Gasteiger partial charge in [-0.25, -0.2) is 0 Å². The van der Waals surface area contributed by atoms with Crippen molar-refractivity contribution < 1.29 is 19.5 Å². The van der Waals surface area contributed by atoms with Gasteiger partial charge in [-0.2, -0.15) is 0 Å². The van der Waals surface area contributed by atoms with Gasteiger partial charge in [0.05, 0.1) is 0 Å². The predicted molar refractivity (Wildman–Crippen MR) is 44.0 cm³/mol. The van der Waals surface area contributed by atoms with E-state index in [1.54, 1.807) is 6.08 Å². The molecular weight excluding hydrogens is 173 g/mol. The normalized spacial score (nSPS) is 7.30. The summed E-state index contributed by atoms with van der Waals surface area (Å²) in [6, 6.07) is 0. The van der Waals surface area contributed by atoms with Crippen molar-refractivity contribution in [1.82, 2.24) is 0 Å². The van der Waals surface area contributed by atoms with Crippen LogP contribution in [0.15, 0.2) is 6.08 Å². The number of hydrogen-bond acceptors (Lipinski definition) is 0. The zero-order chi connectivity index (χ0) is 6.24. The fourth-order valence-corrected chi connectivity index (χ4v) is 0.689. The minimum atomic E-state index is 0. The molecule has 0 heterocycles. The van der Waals surface area contributed by atoms with Gasteiger partial charge < -0.3 is 14.0 Å². The molecule has 0 spiro atoms. The van der Waals surface area contributed by atoms with Crippen LogP contribution < -0.4 is 0 Å². The van der Waals surface area contributed by atoms with Crippen molar-refractivity contribution in [3.8, 4) is 0 Å². The third-order valence-corrected chi connectivity index (χ3v) is 1.22. The van der Waals surface area contributed by atoms with E-state index in [2.05, 4.69) is 6.92 Å².